The Labute approximate surface area is 104 Å². The minimum absolute atomic E-state index is 0.103. The van der Waals surface area contributed by atoms with E-state index in [1.54, 1.807) is 18.3 Å². The molecule has 0 aliphatic carbocycles. The van der Waals surface area contributed by atoms with E-state index in [4.69, 9.17) is 5.73 Å². The molecule has 0 aliphatic heterocycles. The van der Waals surface area contributed by atoms with Crippen LogP contribution in [0.1, 0.15) is 0 Å². The summed E-state index contributed by atoms with van der Waals surface area (Å²) in [5.74, 6) is -1.59. The minimum Gasteiger partial charge on any atom is -0.330 e. The average molecular weight is 315 g/mol. The third kappa shape index (κ3) is 4.31. The molecule has 7 heteroatoms. The summed E-state index contributed by atoms with van der Waals surface area (Å²) in [4.78, 5) is 3.97. The minimum atomic E-state index is -4.24. The molecule has 1 heterocycles. The largest absolute Gasteiger partial charge is 0.393 e. The number of alkyl halides is 3. The molecular weight excluding hydrogens is 305 g/mol. The number of hydrogen-bond acceptors (Lipinski definition) is 3. The van der Waals surface area contributed by atoms with Gasteiger partial charge in [-0.05, 0) is 28.1 Å². The van der Waals surface area contributed by atoms with Crippen molar-refractivity contribution in [2.75, 3.05) is 12.3 Å². The lowest BCUT2D eigenvalue weighted by molar-refractivity contribution is -0.165. The van der Waals surface area contributed by atoms with E-state index in [0.29, 0.717) is 5.03 Å². The maximum atomic E-state index is 12.4. The molecule has 0 saturated heterocycles. The van der Waals surface area contributed by atoms with Gasteiger partial charge in [-0.1, -0.05) is 0 Å². The van der Waals surface area contributed by atoms with E-state index in [0.717, 1.165) is 16.2 Å². The van der Waals surface area contributed by atoms with Gasteiger partial charge in [0.25, 0.3) is 0 Å². The zero-order chi connectivity index (χ0) is 12.2. The molecule has 0 saturated carbocycles. The van der Waals surface area contributed by atoms with Crippen molar-refractivity contribution >= 4 is 27.7 Å². The van der Waals surface area contributed by atoms with Gasteiger partial charge in [-0.25, -0.2) is 4.98 Å². The van der Waals surface area contributed by atoms with E-state index in [-0.39, 0.29) is 5.75 Å². The second-order valence-corrected chi connectivity index (χ2v) is 5.06. The molecule has 1 rings (SSSR count). The Morgan fingerprint density at radius 1 is 1.44 bits per heavy atom. The molecule has 90 valence electrons. The van der Waals surface area contributed by atoms with Crippen molar-refractivity contribution in [2.45, 2.75) is 11.2 Å². The summed E-state index contributed by atoms with van der Waals surface area (Å²) in [6.07, 6.45) is -2.69. The zero-order valence-corrected chi connectivity index (χ0v) is 10.6. The highest BCUT2D eigenvalue weighted by Crippen LogP contribution is 2.30. The Hall–Kier alpha value is -0.270. The number of halogens is 4. The van der Waals surface area contributed by atoms with Crippen LogP contribution in [-0.4, -0.2) is 23.5 Å². The molecule has 0 aromatic carbocycles. The van der Waals surface area contributed by atoms with E-state index in [1.807, 2.05) is 0 Å². The lowest BCUT2D eigenvalue weighted by atomic mass is 10.2. The summed E-state index contributed by atoms with van der Waals surface area (Å²) < 4.78 is 37.9. The Bertz CT molecular complexity index is 329. The van der Waals surface area contributed by atoms with Gasteiger partial charge in [-0.15, -0.1) is 11.8 Å². The summed E-state index contributed by atoms with van der Waals surface area (Å²) in [5.41, 5.74) is 5.09. The molecule has 0 bridgehead atoms. The monoisotopic (exact) mass is 314 g/mol. The van der Waals surface area contributed by atoms with Crippen molar-refractivity contribution in [3.05, 3.63) is 22.8 Å². The van der Waals surface area contributed by atoms with Crippen LogP contribution in [0.2, 0.25) is 0 Å². The number of pyridine rings is 1. The lowest BCUT2D eigenvalue weighted by Gasteiger charge is -2.17. The van der Waals surface area contributed by atoms with Gasteiger partial charge in [-0.2, -0.15) is 13.2 Å². The fourth-order valence-corrected chi connectivity index (χ4v) is 2.15. The smallest absolute Gasteiger partial charge is 0.330 e. The molecule has 1 aromatic heterocycles. The van der Waals surface area contributed by atoms with Crippen LogP contribution >= 0.6 is 27.7 Å². The van der Waals surface area contributed by atoms with Crippen molar-refractivity contribution in [1.29, 1.82) is 0 Å². The molecule has 2 nitrogen and oxygen atoms in total. The number of aromatic nitrogens is 1. The molecule has 2 N–H and O–H groups in total. The van der Waals surface area contributed by atoms with Crippen molar-refractivity contribution in [3.63, 3.8) is 0 Å². The first kappa shape index (κ1) is 13.8. The SMILES string of the molecule is NCC(CSc1ccc(Br)cn1)C(F)(F)F. The van der Waals surface area contributed by atoms with Crippen LogP contribution in [0.25, 0.3) is 0 Å². The van der Waals surface area contributed by atoms with Gasteiger partial charge in [-0.3, -0.25) is 0 Å². The topological polar surface area (TPSA) is 38.9 Å². The third-order valence-corrected chi connectivity index (χ3v) is 3.46. The molecule has 16 heavy (non-hydrogen) atoms. The van der Waals surface area contributed by atoms with Gasteiger partial charge >= 0.3 is 6.18 Å². The Kier molecular flexibility index (Phi) is 5.07. The average Bonchev–Trinajstić information content (AvgIpc) is 2.19. The molecule has 1 unspecified atom stereocenters. The summed E-state index contributed by atoms with van der Waals surface area (Å²) in [6, 6.07) is 3.40. The predicted molar refractivity (Wildman–Crippen MR) is 61.3 cm³/mol. The Morgan fingerprint density at radius 2 is 2.12 bits per heavy atom. The Balaban J connectivity index is 2.53. The first-order valence-electron chi connectivity index (χ1n) is 4.44. The molecule has 1 atom stereocenters. The van der Waals surface area contributed by atoms with Crippen LogP contribution in [0, 0.1) is 5.92 Å². The number of nitrogens with two attached hydrogens (primary N) is 1. The maximum Gasteiger partial charge on any atom is 0.393 e. The molecule has 1 aromatic rings. The second-order valence-electron chi connectivity index (χ2n) is 3.10. The van der Waals surface area contributed by atoms with Gasteiger partial charge < -0.3 is 5.73 Å². The van der Waals surface area contributed by atoms with Gasteiger partial charge in [0, 0.05) is 23.0 Å². The van der Waals surface area contributed by atoms with Crippen LogP contribution in [0.5, 0.6) is 0 Å². The van der Waals surface area contributed by atoms with Crippen molar-refractivity contribution in [3.8, 4) is 0 Å². The highest BCUT2D eigenvalue weighted by atomic mass is 79.9. The van der Waals surface area contributed by atoms with E-state index in [2.05, 4.69) is 20.9 Å². The molecule has 0 amide bonds. The first-order chi connectivity index (χ1) is 7.43. The third-order valence-electron chi connectivity index (χ3n) is 1.88. The van der Waals surface area contributed by atoms with E-state index in [1.165, 1.54) is 0 Å². The summed E-state index contributed by atoms with van der Waals surface area (Å²) in [5, 5.41) is 0.561. The number of nitrogens with zero attached hydrogens (tertiary/aromatic N) is 1. The van der Waals surface area contributed by atoms with Crippen molar-refractivity contribution in [2.24, 2.45) is 11.7 Å². The van der Waals surface area contributed by atoms with Gasteiger partial charge in [0.15, 0.2) is 0 Å². The molecular formula is C9H10BrF3N2S. The quantitative estimate of drug-likeness (QED) is 0.868. The van der Waals surface area contributed by atoms with Gasteiger partial charge in [0.05, 0.1) is 10.9 Å². The molecule has 0 aliphatic rings. The van der Waals surface area contributed by atoms with Crippen LogP contribution in [0.3, 0.4) is 0 Å². The standard InChI is InChI=1S/C9H10BrF3N2S/c10-7-1-2-8(15-4-7)16-5-6(3-14)9(11,12)13/h1-2,4,6H,3,5,14H2. The zero-order valence-electron chi connectivity index (χ0n) is 8.17. The van der Waals surface area contributed by atoms with Gasteiger partial charge in [0.2, 0.25) is 0 Å². The van der Waals surface area contributed by atoms with Crippen LogP contribution in [0.15, 0.2) is 27.8 Å². The summed E-state index contributed by atoms with van der Waals surface area (Å²) >= 11 is 4.26. The normalized spacial score (nSPS) is 13.8. The number of hydrogen-bond donors (Lipinski definition) is 1. The van der Waals surface area contributed by atoms with Crippen molar-refractivity contribution < 1.29 is 13.2 Å². The van der Waals surface area contributed by atoms with Gasteiger partial charge in [0.1, 0.15) is 0 Å². The predicted octanol–water partition coefficient (Wildman–Crippen LogP) is 3.07. The molecule has 0 fully saturated rings. The molecule has 0 spiro atoms. The number of rotatable bonds is 4. The van der Waals surface area contributed by atoms with E-state index >= 15 is 0 Å². The van der Waals surface area contributed by atoms with Crippen LogP contribution < -0.4 is 5.73 Å². The fourth-order valence-electron chi connectivity index (χ4n) is 0.930. The van der Waals surface area contributed by atoms with E-state index in [9.17, 15) is 13.2 Å². The van der Waals surface area contributed by atoms with Crippen LogP contribution in [-0.2, 0) is 0 Å². The van der Waals surface area contributed by atoms with Crippen LogP contribution in [0.4, 0.5) is 13.2 Å². The maximum absolute atomic E-state index is 12.4. The van der Waals surface area contributed by atoms with Crippen molar-refractivity contribution in [1.82, 2.24) is 4.98 Å². The molecule has 0 radical (unpaired) electrons. The summed E-state index contributed by atoms with van der Waals surface area (Å²) in [7, 11) is 0. The highest BCUT2D eigenvalue weighted by molar-refractivity contribution is 9.10. The first-order valence-corrected chi connectivity index (χ1v) is 6.22. The highest BCUT2D eigenvalue weighted by Gasteiger charge is 2.38. The fraction of sp³-hybridized carbons (Fsp3) is 0.444. The lowest BCUT2D eigenvalue weighted by Crippen LogP contribution is -2.32. The Morgan fingerprint density at radius 3 is 2.56 bits per heavy atom. The number of thioether (sulfide) groups is 1. The van der Waals surface area contributed by atoms with E-state index < -0.39 is 18.6 Å². The second kappa shape index (κ2) is 5.88. The summed E-state index contributed by atoms with van der Waals surface area (Å²) in [6.45, 7) is -0.396.